The number of hydrogen-bond donors (Lipinski definition) is 2. The number of morpholine rings is 1. The van der Waals surface area contributed by atoms with Gasteiger partial charge >= 0.3 is 6.18 Å². The van der Waals surface area contributed by atoms with Gasteiger partial charge in [-0.15, -0.1) is 0 Å². The topological polar surface area (TPSA) is 73.3 Å². The minimum Gasteiger partial charge on any atom is -0.507 e. The van der Waals surface area contributed by atoms with Crippen LogP contribution in [0.25, 0.3) is 11.0 Å². The van der Waals surface area contributed by atoms with Gasteiger partial charge in [-0.25, -0.2) is 0 Å². The zero-order valence-corrected chi connectivity index (χ0v) is 20.0. The van der Waals surface area contributed by atoms with Gasteiger partial charge in [-0.05, 0) is 43.5 Å². The summed E-state index contributed by atoms with van der Waals surface area (Å²) in [6.45, 7) is 8.96. The first kappa shape index (κ1) is 25.1. The molecule has 2 atom stereocenters. The molecule has 2 N–H and O–H groups in total. The highest BCUT2D eigenvalue weighted by atomic mass is 19.4. The van der Waals surface area contributed by atoms with Crippen LogP contribution in [0.4, 0.5) is 13.2 Å². The Balaban J connectivity index is 1.87. The number of phenolic OH excluding ortho intramolecular Hbond substituents is 1. The molecule has 4 rings (SSSR count). The number of fused-ring (bicyclic) bond motifs is 1. The van der Waals surface area contributed by atoms with Gasteiger partial charge in [0, 0.05) is 0 Å². The summed E-state index contributed by atoms with van der Waals surface area (Å²) in [5, 5.41) is 10.5. The van der Waals surface area contributed by atoms with Crippen LogP contribution in [0.1, 0.15) is 50.5 Å². The maximum Gasteiger partial charge on any atom is 0.453 e. The molecule has 0 radical (unpaired) electrons. The predicted molar refractivity (Wildman–Crippen MR) is 124 cm³/mol. The Morgan fingerprint density at radius 2 is 1.77 bits per heavy atom. The summed E-state index contributed by atoms with van der Waals surface area (Å²) in [5.74, 6) is -2.57. The maximum absolute atomic E-state index is 14.1. The van der Waals surface area contributed by atoms with Crippen LogP contribution < -0.4 is 15.1 Å². The molecule has 0 bridgehead atoms. The van der Waals surface area contributed by atoms with Crippen LogP contribution in [0.3, 0.4) is 0 Å². The third-order valence-corrected chi connectivity index (χ3v) is 6.15. The molecule has 9 heteroatoms. The molecule has 0 amide bonds. The van der Waals surface area contributed by atoms with E-state index in [0.29, 0.717) is 18.7 Å². The molecule has 35 heavy (non-hydrogen) atoms. The summed E-state index contributed by atoms with van der Waals surface area (Å²) in [7, 11) is 0. The van der Waals surface area contributed by atoms with Crippen LogP contribution in [-0.2, 0) is 17.5 Å². The summed E-state index contributed by atoms with van der Waals surface area (Å²) >= 11 is 0. The highest BCUT2D eigenvalue weighted by Gasteiger charge is 2.41. The number of hydrogen-bond acceptors (Lipinski definition) is 5. The number of rotatable bonds is 5. The molecular weight excluding hydrogens is 463 g/mol. The molecule has 2 aromatic carbocycles. The molecule has 1 fully saturated rings. The van der Waals surface area contributed by atoms with E-state index in [0.717, 1.165) is 4.90 Å². The van der Waals surface area contributed by atoms with Crippen LogP contribution in [-0.4, -0.2) is 30.4 Å². The third-order valence-electron chi connectivity index (χ3n) is 6.15. The molecule has 0 saturated carbocycles. The zero-order valence-electron chi connectivity index (χ0n) is 20.0. The van der Waals surface area contributed by atoms with Gasteiger partial charge in [0.15, 0.2) is 5.58 Å². The van der Waals surface area contributed by atoms with Crippen LogP contribution in [0.2, 0.25) is 0 Å². The Morgan fingerprint density at radius 3 is 2.40 bits per heavy atom. The molecule has 0 unspecified atom stereocenters. The molecule has 1 aliphatic heterocycles. The van der Waals surface area contributed by atoms with Crippen molar-refractivity contribution in [2.75, 3.05) is 13.1 Å². The van der Waals surface area contributed by atoms with E-state index in [1.165, 1.54) is 18.2 Å². The van der Waals surface area contributed by atoms with Crippen molar-refractivity contribution in [3.8, 4) is 17.2 Å². The van der Waals surface area contributed by atoms with Crippen LogP contribution in [0, 0.1) is 0 Å². The van der Waals surface area contributed by atoms with E-state index in [9.17, 15) is 23.1 Å². The molecule has 1 saturated heterocycles. The lowest BCUT2D eigenvalue weighted by Gasteiger charge is -2.32. The van der Waals surface area contributed by atoms with E-state index in [2.05, 4.69) is 0 Å². The van der Waals surface area contributed by atoms with E-state index in [1.807, 2.05) is 27.7 Å². The molecule has 2 heterocycles. The molecule has 0 aliphatic carbocycles. The van der Waals surface area contributed by atoms with E-state index in [4.69, 9.17) is 13.9 Å². The minimum absolute atomic E-state index is 0.0436. The van der Waals surface area contributed by atoms with Crippen molar-refractivity contribution in [1.82, 2.24) is 0 Å². The summed E-state index contributed by atoms with van der Waals surface area (Å²) < 4.78 is 59.0. The first-order valence-corrected chi connectivity index (χ1v) is 11.6. The number of nitrogens with one attached hydrogen (secondary N) is 1. The summed E-state index contributed by atoms with van der Waals surface area (Å²) in [4.78, 5) is 14.3. The number of benzene rings is 2. The number of phenols is 1. The van der Waals surface area contributed by atoms with Crippen molar-refractivity contribution in [3.05, 3.63) is 63.5 Å². The van der Waals surface area contributed by atoms with Crippen molar-refractivity contribution >= 4 is 11.0 Å². The third kappa shape index (κ3) is 5.16. The summed E-state index contributed by atoms with van der Waals surface area (Å²) in [6.07, 6.45) is -5.10. The fourth-order valence-electron chi connectivity index (χ4n) is 4.68. The first-order chi connectivity index (χ1) is 16.5. The second kappa shape index (κ2) is 9.54. The molecule has 3 aromatic rings. The SMILES string of the molecule is CC(C)c1ccccc1Oc1c(C(F)(F)F)oc2c(C[NH+]3C[C@@H](C)O[C@H](C)C3)c(O)ccc2c1=O. The number of alkyl halides is 3. The van der Waals surface area contributed by atoms with Crippen LogP contribution in [0.5, 0.6) is 17.2 Å². The van der Waals surface area contributed by atoms with Gasteiger partial charge in [-0.3, -0.25) is 4.79 Å². The molecule has 188 valence electrons. The lowest BCUT2D eigenvalue weighted by Crippen LogP contribution is -3.14. The van der Waals surface area contributed by atoms with Gasteiger partial charge in [0.2, 0.25) is 11.2 Å². The monoisotopic (exact) mass is 492 g/mol. The number of aromatic hydroxyl groups is 1. The molecule has 1 aliphatic rings. The normalized spacial score (nSPS) is 21.0. The standard InChI is InChI=1S/C26H28F3NO5/c1-14(2)17-7-5-6-8-21(17)34-24-22(32)18-9-10-20(31)19(23(18)35-25(24)26(27,28)29)13-30-11-15(3)33-16(4)12-30/h5-10,14-16,31H,11-13H2,1-4H3/p+1/t15-,16-/m1/s1. The minimum atomic E-state index is -4.99. The molecule has 6 nitrogen and oxygen atoms in total. The van der Waals surface area contributed by atoms with Crippen molar-refractivity contribution in [1.29, 1.82) is 0 Å². The molecular formula is C26H29F3NO5+. The largest absolute Gasteiger partial charge is 0.507 e. The average molecular weight is 493 g/mol. The number of para-hydroxylation sites is 1. The number of quaternary nitrogens is 1. The Morgan fingerprint density at radius 1 is 1.11 bits per heavy atom. The lowest BCUT2D eigenvalue weighted by atomic mass is 10.0. The van der Waals surface area contributed by atoms with E-state index < -0.39 is 23.1 Å². The van der Waals surface area contributed by atoms with Gasteiger partial charge in [0.05, 0.1) is 10.9 Å². The smallest absolute Gasteiger partial charge is 0.453 e. The van der Waals surface area contributed by atoms with Gasteiger partial charge < -0.3 is 23.9 Å². The van der Waals surface area contributed by atoms with Gasteiger partial charge in [0.1, 0.15) is 43.3 Å². The summed E-state index contributed by atoms with van der Waals surface area (Å²) in [5.41, 5.74) is -0.426. The fraction of sp³-hybridized carbons (Fsp3) is 0.423. The highest BCUT2D eigenvalue weighted by Crippen LogP contribution is 2.40. The summed E-state index contributed by atoms with van der Waals surface area (Å²) in [6, 6.07) is 9.20. The van der Waals surface area contributed by atoms with Crippen molar-refractivity contribution in [2.45, 2.75) is 58.5 Å². The van der Waals surface area contributed by atoms with E-state index in [1.54, 1.807) is 18.2 Å². The zero-order chi connectivity index (χ0) is 25.5. The first-order valence-electron chi connectivity index (χ1n) is 11.6. The predicted octanol–water partition coefficient (Wildman–Crippen LogP) is 4.63. The second-order valence-electron chi connectivity index (χ2n) is 9.41. The van der Waals surface area contributed by atoms with E-state index in [-0.39, 0.29) is 52.7 Å². The van der Waals surface area contributed by atoms with E-state index >= 15 is 0 Å². The van der Waals surface area contributed by atoms with Gasteiger partial charge in [-0.2, -0.15) is 13.2 Å². The van der Waals surface area contributed by atoms with Crippen molar-refractivity contribution in [2.24, 2.45) is 0 Å². The Bertz CT molecular complexity index is 1270. The van der Waals surface area contributed by atoms with Crippen LogP contribution in [0.15, 0.2) is 45.6 Å². The van der Waals surface area contributed by atoms with Gasteiger partial charge in [-0.1, -0.05) is 32.0 Å². The van der Waals surface area contributed by atoms with Crippen molar-refractivity contribution in [3.63, 3.8) is 0 Å². The second-order valence-corrected chi connectivity index (χ2v) is 9.41. The molecule has 0 spiro atoms. The quantitative estimate of drug-likeness (QED) is 0.544. The number of halogens is 3. The van der Waals surface area contributed by atoms with Crippen LogP contribution >= 0.6 is 0 Å². The Kier molecular flexibility index (Phi) is 6.83. The van der Waals surface area contributed by atoms with Crippen molar-refractivity contribution < 1.29 is 37.1 Å². The Labute approximate surface area is 200 Å². The maximum atomic E-state index is 14.1. The highest BCUT2D eigenvalue weighted by molar-refractivity contribution is 5.83. The number of ether oxygens (including phenoxy) is 2. The average Bonchev–Trinajstić information content (AvgIpc) is 2.76. The fourth-order valence-corrected chi connectivity index (χ4v) is 4.68. The lowest BCUT2D eigenvalue weighted by molar-refractivity contribution is -0.928. The Hall–Kier alpha value is -3.04. The molecule has 1 aromatic heterocycles. The van der Waals surface area contributed by atoms with Gasteiger partial charge in [0.25, 0.3) is 5.76 Å².